The van der Waals surface area contributed by atoms with E-state index in [0.717, 1.165) is 22.6 Å². The molecule has 0 N–H and O–H groups in total. The highest BCUT2D eigenvalue weighted by molar-refractivity contribution is 5.97. The fraction of sp³-hybridized carbons (Fsp3) is 0.0154. The maximum Gasteiger partial charge on any atom is 0.0713 e. The second kappa shape index (κ2) is 16.6. The highest BCUT2D eigenvalue weighted by atomic mass is 15.1. The molecule has 310 valence electrons. The summed E-state index contributed by atoms with van der Waals surface area (Å²) in [4.78, 5) is 2.36. The Bertz CT molecular complexity index is 3430. The maximum absolute atomic E-state index is 2.43. The molecule has 1 heteroatoms. The highest BCUT2D eigenvalue weighted by Gasteiger charge is 2.43. The van der Waals surface area contributed by atoms with Crippen LogP contribution in [0.4, 0.5) is 17.1 Å². The normalized spacial score (nSPS) is 12.4. The van der Waals surface area contributed by atoms with E-state index in [9.17, 15) is 0 Å². The van der Waals surface area contributed by atoms with Gasteiger partial charge < -0.3 is 4.90 Å². The average molecular weight is 840 g/mol. The van der Waals surface area contributed by atoms with Gasteiger partial charge in [0.25, 0.3) is 0 Å². The van der Waals surface area contributed by atoms with E-state index < -0.39 is 5.41 Å². The fourth-order valence-corrected chi connectivity index (χ4v) is 10.5. The van der Waals surface area contributed by atoms with Gasteiger partial charge in [0.15, 0.2) is 0 Å². The third-order valence-corrected chi connectivity index (χ3v) is 13.6. The van der Waals surface area contributed by atoms with Gasteiger partial charge in [0.2, 0.25) is 0 Å². The van der Waals surface area contributed by atoms with Crippen LogP contribution in [-0.4, -0.2) is 0 Å². The van der Waals surface area contributed by atoms with Crippen molar-refractivity contribution in [3.05, 3.63) is 295 Å². The van der Waals surface area contributed by atoms with Crippen LogP contribution in [0.25, 0.3) is 66.4 Å². The van der Waals surface area contributed by atoms with Crippen molar-refractivity contribution in [2.45, 2.75) is 5.41 Å². The molecule has 0 aliphatic heterocycles. The molecule has 1 nitrogen and oxygen atoms in total. The minimum Gasteiger partial charge on any atom is -0.311 e. The predicted molar refractivity (Wildman–Crippen MR) is 278 cm³/mol. The van der Waals surface area contributed by atoms with Crippen molar-refractivity contribution in [3.63, 3.8) is 0 Å². The van der Waals surface area contributed by atoms with Crippen LogP contribution in [0.1, 0.15) is 22.3 Å². The summed E-state index contributed by atoms with van der Waals surface area (Å²) in [5.41, 5.74) is 19.9. The summed E-state index contributed by atoms with van der Waals surface area (Å²) < 4.78 is 0. The number of benzene rings is 11. The van der Waals surface area contributed by atoms with Crippen LogP contribution in [0.2, 0.25) is 0 Å². The lowest BCUT2D eigenvalue weighted by atomic mass is 9.63. The average Bonchev–Trinajstić information content (AvgIpc) is 3.51. The second-order valence-electron chi connectivity index (χ2n) is 17.2. The SMILES string of the molecule is c1ccc(-c2ccc(N(c3ccc(-c4cccc(C5(c6ccccc6)c6ccccc6-c6ccccc6-c6ccccc65)c4)cc3)c3ccc(-c4cccc5ccccc45)cc3)cc2)cc1. The fourth-order valence-electron chi connectivity index (χ4n) is 10.5. The summed E-state index contributed by atoms with van der Waals surface area (Å²) in [7, 11) is 0. The van der Waals surface area contributed by atoms with E-state index in [0.29, 0.717) is 0 Å². The standard InChI is InChI=1S/C65H45N/c1-3-17-46(18-4-1)47-33-39-54(40-34-47)66(56-43-37-50(38-44-56)58-30-16-20-49-19-7-8-25-57(49)58)55-41-35-48(36-42-55)51-21-15-24-53(45-51)65(52-22-5-2-6-23-52)63-31-13-11-28-61(63)59-26-9-10-27-60(59)62-29-12-14-32-64(62)65/h1-45H. The lowest BCUT2D eigenvalue weighted by Crippen LogP contribution is -2.31. The van der Waals surface area contributed by atoms with Gasteiger partial charge in [-0.15, -0.1) is 0 Å². The molecule has 0 saturated carbocycles. The van der Waals surface area contributed by atoms with Crippen molar-refractivity contribution in [2.24, 2.45) is 0 Å². The smallest absolute Gasteiger partial charge is 0.0713 e. The Morgan fingerprint density at radius 1 is 0.242 bits per heavy atom. The zero-order chi connectivity index (χ0) is 43.9. The summed E-state index contributed by atoms with van der Waals surface area (Å²) in [6, 6.07) is 100. The van der Waals surface area contributed by atoms with Crippen LogP contribution in [0.3, 0.4) is 0 Å². The molecule has 66 heavy (non-hydrogen) atoms. The van der Waals surface area contributed by atoms with Gasteiger partial charge >= 0.3 is 0 Å². The van der Waals surface area contributed by atoms with Crippen LogP contribution < -0.4 is 4.90 Å². The maximum atomic E-state index is 2.43. The predicted octanol–water partition coefficient (Wildman–Crippen LogP) is 17.3. The molecule has 0 bridgehead atoms. The highest BCUT2D eigenvalue weighted by Crippen LogP contribution is 2.55. The number of nitrogens with zero attached hydrogens (tertiary/aromatic N) is 1. The second-order valence-corrected chi connectivity index (χ2v) is 17.2. The largest absolute Gasteiger partial charge is 0.311 e. The van der Waals surface area contributed by atoms with E-state index in [1.54, 1.807) is 0 Å². The topological polar surface area (TPSA) is 3.24 Å². The lowest BCUT2D eigenvalue weighted by molar-refractivity contribution is 0.752. The van der Waals surface area contributed by atoms with Crippen LogP contribution >= 0.6 is 0 Å². The first-order valence-corrected chi connectivity index (χ1v) is 22.8. The molecule has 0 saturated heterocycles. The first-order chi connectivity index (χ1) is 32.7. The van der Waals surface area contributed by atoms with Crippen molar-refractivity contribution >= 4 is 27.8 Å². The van der Waals surface area contributed by atoms with Gasteiger partial charge in [-0.1, -0.05) is 231 Å². The molecule has 11 aromatic carbocycles. The van der Waals surface area contributed by atoms with Crippen molar-refractivity contribution in [3.8, 4) is 55.6 Å². The monoisotopic (exact) mass is 839 g/mol. The molecule has 0 spiro atoms. The van der Waals surface area contributed by atoms with Gasteiger partial charge in [-0.3, -0.25) is 0 Å². The summed E-state index contributed by atoms with van der Waals surface area (Å²) in [6.07, 6.45) is 0. The number of rotatable bonds is 8. The summed E-state index contributed by atoms with van der Waals surface area (Å²) in [5.74, 6) is 0. The Balaban J connectivity index is 0.975. The van der Waals surface area contributed by atoms with Gasteiger partial charge in [-0.2, -0.15) is 0 Å². The van der Waals surface area contributed by atoms with Gasteiger partial charge in [-0.05, 0) is 131 Å². The molecule has 0 radical (unpaired) electrons. The van der Waals surface area contributed by atoms with Gasteiger partial charge in [0.05, 0.1) is 5.41 Å². The van der Waals surface area contributed by atoms with Crippen LogP contribution in [0.5, 0.6) is 0 Å². The lowest BCUT2D eigenvalue weighted by Gasteiger charge is -2.38. The van der Waals surface area contributed by atoms with Crippen molar-refractivity contribution in [2.75, 3.05) is 4.90 Å². The van der Waals surface area contributed by atoms with Gasteiger partial charge in [-0.25, -0.2) is 0 Å². The molecule has 0 amide bonds. The number of fused-ring (bicyclic) bond motifs is 6. The third-order valence-electron chi connectivity index (χ3n) is 13.6. The van der Waals surface area contributed by atoms with E-state index in [-0.39, 0.29) is 0 Å². The number of hydrogen-bond donors (Lipinski definition) is 0. The Kier molecular flexibility index (Phi) is 9.81. The molecule has 0 aromatic heterocycles. The first-order valence-electron chi connectivity index (χ1n) is 22.8. The number of anilines is 3. The summed E-state index contributed by atoms with van der Waals surface area (Å²) >= 11 is 0. The molecule has 11 aromatic rings. The molecule has 1 aliphatic carbocycles. The zero-order valence-corrected chi connectivity index (χ0v) is 36.4. The minimum absolute atomic E-state index is 0.593. The Hall–Kier alpha value is -8.52. The van der Waals surface area contributed by atoms with Crippen LogP contribution in [0, 0.1) is 0 Å². The van der Waals surface area contributed by atoms with E-state index >= 15 is 0 Å². The molecular formula is C65H45N. The van der Waals surface area contributed by atoms with E-state index in [1.807, 2.05) is 0 Å². The molecular weight excluding hydrogens is 795 g/mol. The molecule has 12 rings (SSSR count). The van der Waals surface area contributed by atoms with Crippen molar-refractivity contribution in [1.82, 2.24) is 0 Å². The van der Waals surface area contributed by atoms with E-state index in [4.69, 9.17) is 0 Å². The summed E-state index contributed by atoms with van der Waals surface area (Å²) in [6.45, 7) is 0. The molecule has 0 unspecified atom stereocenters. The molecule has 1 aliphatic rings. The van der Waals surface area contributed by atoms with Crippen molar-refractivity contribution < 1.29 is 0 Å². The minimum atomic E-state index is -0.593. The van der Waals surface area contributed by atoms with E-state index in [2.05, 4.69) is 278 Å². The van der Waals surface area contributed by atoms with Crippen LogP contribution in [0.15, 0.2) is 273 Å². The van der Waals surface area contributed by atoms with Gasteiger partial charge in [0.1, 0.15) is 0 Å². The molecule has 0 fully saturated rings. The number of hydrogen-bond acceptors (Lipinski definition) is 1. The molecule has 0 atom stereocenters. The van der Waals surface area contributed by atoms with Gasteiger partial charge in [0, 0.05) is 17.1 Å². The first kappa shape index (κ1) is 39.1. The Morgan fingerprint density at radius 2 is 0.636 bits per heavy atom. The zero-order valence-electron chi connectivity index (χ0n) is 36.4. The van der Waals surface area contributed by atoms with Crippen LogP contribution in [-0.2, 0) is 5.41 Å². The third kappa shape index (κ3) is 6.64. The molecule has 0 heterocycles. The summed E-state index contributed by atoms with van der Waals surface area (Å²) in [5, 5.41) is 2.50. The van der Waals surface area contributed by atoms with Crippen molar-refractivity contribution in [1.29, 1.82) is 0 Å². The Morgan fingerprint density at radius 3 is 1.24 bits per heavy atom. The van der Waals surface area contributed by atoms with E-state index in [1.165, 1.54) is 83.1 Å². The quantitative estimate of drug-likeness (QED) is 0.147. The Labute approximate surface area is 387 Å².